The molecular formula is C50H36F12N4O10. The van der Waals surface area contributed by atoms with Gasteiger partial charge in [0.2, 0.25) is 0 Å². The van der Waals surface area contributed by atoms with E-state index in [2.05, 4.69) is 0 Å². The highest BCUT2D eigenvalue weighted by Crippen LogP contribution is 2.37. The second-order valence-corrected chi connectivity index (χ2v) is 16.1. The number of ether oxygens (including phenoxy) is 4. The van der Waals surface area contributed by atoms with Gasteiger partial charge in [-0.15, -0.1) is 9.48 Å². The summed E-state index contributed by atoms with van der Waals surface area (Å²) in [6.07, 6.45) is -18.0. The van der Waals surface area contributed by atoms with E-state index in [0.717, 1.165) is 58.0 Å². The lowest BCUT2D eigenvalue weighted by Crippen LogP contribution is -2.18. The van der Waals surface area contributed by atoms with Gasteiger partial charge in [0.1, 0.15) is 26.4 Å². The van der Waals surface area contributed by atoms with Crippen LogP contribution in [0.1, 0.15) is 55.6 Å². The number of hydrogen-bond donors (Lipinski definition) is 2. The Labute approximate surface area is 417 Å². The monoisotopic (exact) mass is 1080 g/mol. The molecule has 0 aliphatic rings. The second kappa shape index (κ2) is 22.7. The first-order chi connectivity index (χ1) is 35.8. The minimum Gasteiger partial charge on any atom is -0.485 e. The molecule has 0 radical (unpaired) electrons. The fourth-order valence-electron chi connectivity index (χ4n) is 6.87. The summed E-state index contributed by atoms with van der Waals surface area (Å²) >= 11 is 0. The summed E-state index contributed by atoms with van der Waals surface area (Å²) in [7, 11) is 0. The minimum absolute atomic E-state index is 0.0926. The number of hydrogen-bond acceptors (Lipinski definition) is 10. The van der Waals surface area contributed by atoms with Gasteiger partial charge in [0, 0.05) is 11.1 Å². The number of nitrogens with one attached hydrogen (secondary N) is 2. The number of para-hydroxylation sites is 2. The van der Waals surface area contributed by atoms with E-state index >= 15 is 0 Å². The number of H-pyrrole nitrogens is 2. The van der Waals surface area contributed by atoms with E-state index in [4.69, 9.17) is 28.0 Å². The van der Waals surface area contributed by atoms with Gasteiger partial charge in [-0.3, -0.25) is 0 Å². The molecule has 0 saturated heterocycles. The zero-order valence-corrected chi connectivity index (χ0v) is 38.5. The van der Waals surface area contributed by atoms with E-state index < -0.39 is 69.9 Å². The van der Waals surface area contributed by atoms with Crippen LogP contribution in [0.2, 0.25) is 0 Å². The van der Waals surface area contributed by atoms with Crippen molar-refractivity contribution in [3.05, 3.63) is 231 Å². The SMILES string of the molecule is O=c1[nH]c(=O)n(Cc2cccc(OCc3ccc(C(F)(F)F)cc3)c2OCc2ccc(C(F)(F)F)cc2)o1.O=c1[nH]c(=O)n(Cc2cccc(OCc3ccc(C(F)(F)F)cc3)c2OCc2ccc(C(F)(F)F)cc2)o1. The Kier molecular flexibility index (Phi) is 16.4. The molecule has 2 heterocycles. The van der Waals surface area contributed by atoms with Gasteiger partial charge in [-0.25, -0.2) is 29.1 Å². The average molecular weight is 1080 g/mol. The molecule has 76 heavy (non-hydrogen) atoms. The van der Waals surface area contributed by atoms with Gasteiger partial charge < -0.3 is 28.0 Å². The van der Waals surface area contributed by atoms with Gasteiger partial charge in [-0.1, -0.05) is 72.8 Å². The van der Waals surface area contributed by atoms with Crippen LogP contribution in [-0.4, -0.2) is 19.4 Å². The van der Waals surface area contributed by atoms with Gasteiger partial charge in [0.15, 0.2) is 23.0 Å². The third-order valence-corrected chi connectivity index (χ3v) is 10.7. The van der Waals surface area contributed by atoms with E-state index in [1.165, 1.54) is 60.7 Å². The van der Waals surface area contributed by atoms with Crippen molar-refractivity contribution < 1.29 is 80.7 Å². The molecule has 2 aromatic heterocycles. The molecule has 0 bridgehead atoms. The molecule has 26 heteroatoms. The van der Waals surface area contributed by atoms with E-state index in [-0.39, 0.29) is 62.5 Å². The van der Waals surface area contributed by atoms with Gasteiger partial charge >= 0.3 is 47.6 Å². The molecule has 2 N–H and O–H groups in total. The number of nitrogens with zero attached hydrogens (tertiary/aromatic N) is 2. The number of aromatic nitrogens is 4. The Hall–Kier alpha value is -8.84. The minimum atomic E-state index is -4.50. The predicted octanol–water partition coefficient (Wildman–Crippen LogP) is 10.7. The fraction of sp³-hybridized carbons (Fsp3) is 0.200. The molecule has 0 saturated carbocycles. The van der Waals surface area contributed by atoms with Crippen molar-refractivity contribution in [2.75, 3.05) is 0 Å². The number of benzene rings is 6. The van der Waals surface area contributed by atoms with Crippen molar-refractivity contribution in [1.29, 1.82) is 0 Å². The Morgan fingerprint density at radius 2 is 0.632 bits per heavy atom. The molecule has 0 fully saturated rings. The Bertz CT molecular complexity index is 3230. The summed E-state index contributed by atoms with van der Waals surface area (Å²) in [5.41, 5.74) is -2.65. The van der Waals surface area contributed by atoms with E-state index in [9.17, 15) is 71.9 Å². The first-order valence-electron chi connectivity index (χ1n) is 21.8. The first-order valence-corrected chi connectivity index (χ1v) is 21.8. The number of aromatic amines is 2. The summed E-state index contributed by atoms with van der Waals surface area (Å²) in [6.45, 7) is -1.15. The van der Waals surface area contributed by atoms with E-state index in [0.29, 0.717) is 33.4 Å². The zero-order chi connectivity index (χ0) is 55.0. The fourth-order valence-corrected chi connectivity index (χ4v) is 6.87. The molecule has 8 aromatic rings. The highest BCUT2D eigenvalue weighted by molar-refractivity contribution is 5.48. The Morgan fingerprint density at radius 3 is 0.868 bits per heavy atom. The first kappa shape index (κ1) is 54.9. The largest absolute Gasteiger partial charge is 0.485 e. The van der Waals surface area contributed by atoms with Crippen molar-refractivity contribution >= 4 is 0 Å². The lowest BCUT2D eigenvalue weighted by Gasteiger charge is -2.17. The molecule has 0 unspecified atom stereocenters. The molecule has 0 atom stereocenters. The highest BCUT2D eigenvalue weighted by Gasteiger charge is 2.32. The molecule has 14 nitrogen and oxygen atoms in total. The standard InChI is InChI=1S/2C25H18F6N2O5/c2*26-24(27,28)18-8-4-15(5-9-18)13-36-20-3-1-2-17(12-33-22(34)32-23(35)38-33)21(20)37-14-16-6-10-19(11-7-16)25(29,30)31/h2*1-11H,12-14H2,(H,32,34,35). The average Bonchev–Trinajstić information content (AvgIpc) is 3.86. The lowest BCUT2D eigenvalue weighted by atomic mass is 10.1. The van der Waals surface area contributed by atoms with Gasteiger partial charge in [-0.05, 0) is 82.9 Å². The Morgan fingerprint density at radius 1 is 0.368 bits per heavy atom. The van der Waals surface area contributed by atoms with Crippen molar-refractivity contribution in [1.82, 2.24) is 19.4 Å². The van der Waals surface area contributed by atoms with Crippen LogP contribution in [0, 0.1) is 0 Å². The van der Waals surface area contributed by atoms with Crippen LogP contribution in [0.15, 0.2) is 162 Å². The summed E-state index contributed by atoms with van der Waals surface area (Å²) in [4.78, 5) is 50.4. The third-order valence-electron chi connectivity index (χ3n) is 10.7. The smallest absolute Gasteiger partial charge is 0.440 e. The molecule has 400 valence electrons. The normalized spacial score (nSPS) is 11.9. The maximum Gasteiger partial charge on any atom is 0.440 e. The Balaban J connectivity index is 0.000000221. The summed E-state index contributed by atoms with van der Waals surface area (Å²) in [5.74, 6) is -1.49. The summed E-state index contributed by atoms with van der Waals surface area (Å²) in [6, 6.07) is 26.5. The van der Waals surface area contributed by atoms with Crippen LogP contribution in [0.25, 0.3) is 0 Å². The van der Waals surface area contributed by atoms with Crippen LogP contribution < -0.4 is 41.8 Å². The third kappa shape index (κ3) is 14.7. The topological polar surface area (TPSA) is 173 Å². The number of rotatable bonds is 16. The van der Waals surface area contributed by atoms with Gasteiger partial charge in [0.05, 0.1) is 35.3 Å². The van der Waals surface area contributed by atoms with Crippen molar-refractivity contribution in [2.24, 2.45) is 0 Å². The molecule has 0 aliphatic heterocycles. The zero-order valence-electron chi connectivity index (χ0n) is 38.5. The molecule has 0 amide bonds. The molecule has 6 aromatic carbocycles. The predicted molar refractivity (Wildman–Crippen MR) is 241 cm³/mol. The summed E-state index contributed by atoms with van der Waals surface area (Å²) < 4.78 is 188. The second-order valence-electron chi connectivity index (χ2n) is 16.1. The van der Waals surface area contributed by atoms with Crippen LogP contribution in [0.5, 0.6) is 23.0 Å². The summed E-state index contributed by atoms with van der Waals surface area (Å²) in [5, 5.41) is 0. The molecular weight excluding hydrogens is 1040 g/mol. The van der Waals surface area contributed by atoms with E-state index in [1.54, 1.807) is 24.3 Å². The van der Waals surface area contributed by atoms with Gasteiger partial charge in [-0.2, -0.15) is 52.7 Å². The van der Waals surface area contributed by atoms with Crippen LogP contribution in [-0.2, 0) is 64.2 Å². The maximum atomic E-state index is 12.9. The van der Waals surface area contributed by atoms with Crippen molar-refractivity contribution in [3.63, 3.8) is 0 Å². The number of halogens is 12. The molecule has 0 aliphatic carbocycles. The number of alkyl halides is 12. The van der Waals surface area contributed by atoms with Gasteiger partial charge in [0.25, 0.3) is 0 Å². The van der Waals surface area contributed by atoms with Crippen LogP contribution >= 0.6 is 0 Å². The lowest BCUT2D eigenvalue weighted by molar-refractivity contribution is -0.138. The maximum absolute atomic E-state index is 12.9. The molecule has 0 spiro atoms. The highest BCUT2D eigenvalue weighted by atomic mass is 19.4. The quantitative estimate of drug-likeness (QED) is 0.0887. The van der Waals surface area contributed by atoms with E-state index in [1.807, 2.05) is 9.97 Å². The van der Waals surface area contributed by atoms with Crippen molar-refractivity contribution in [2.45, 2.75) is 64.2 Å². The van der Waals surface area contributed by atoms with Crippen molar-refractivity contribution in [3.8, 4) is 23.0 Å². The van der Waals surface area contributed by atoms with Crippen LogP contribution in [0.3, 0.4) is 0 Å². The molecule has 8 rings (SSSR count). The van der Waals surface area contributed by atoms with Crippen LogP contribution in [0.4, 0.5) is 52.7 Å².